The summed E-state index contributed by atoms with van der Waals surface area (Å²) >= 11 is 0. The van der Waals surface area contributed by atoms with Crippen LogP contribution in [0.25, 0.3) is 0 Å². The van der Waals surface area contributed by atoms with Crippen LogP contribution in [-0.2, 0) is 25.6 Å². The van der Waals surface area contributed by atoms with E-state index in [1.807, 2.05) is 44.2 Å². The third kappa shape index (κ3) is 9.29. The quantitative estimate of drug-likeness (QED) is 0.367. The third-order valence-electron chi connectivity index (χ3n) is 7.47. The average molecular weight is 592 g/mol. The van der Waals surface area contributed by atoms with Gasteiger partial charge in [0.2, 0.25) is 23.6 Å². The Morgan fingerprint density at radius 1 is 1.00 bits per heavy atom. The highest BCUT2D eigenvalue weighted by atomic mass is 16.5. The predicted octanol–water partition coefficient (Wildman–Crippen LogP) is 1.56. The standard InChI is InChI=1S/C32H41N5O6/c1-21(2)17-25-32(42)34-23(18-22-9-4-3-5-10-22)20-43-27-12-7-6-11-24(27)30(40)36-26(19-28(38)35-25)31(41)33-14-16-37-15-8-13-29(37)39/h3-7,9-12,21,23,25-26H,8,13-20H2,1-2H3,(H,33,41)(H,34,42)(H,35,38)(H,36,40)/t23-,25+,26+/m1/s1. The normalized spacial score (nSPS) is 21.7. The number of benzene rings is 2. The molecule has 1 fully saturated rings. The van der Waals surface area contributed by atoms with Crippen molar-refractivity contribution < 1.29 is 28.7 Å². The largest absolute Gasteiger partial charge is 0.491 e. The molecule has 0 aliphatic carbocycles. The zero-order valence-corrected chi connectivity index (χ0v) is 24.8. The Morgan fingerprint density at radius 2 is 1.74 bits per heavy atom. The number of rotatable bonds is 8. The van der Waals surface area contributed by atoms with Gasteiger partial charge in [-0.05, 0) is 42.9 Å². The first kappa shape index (κ1) is 31.5. The topological polar surface area (TPSA) is 146 Å². The molecule has 230 valence electrons. The molecule has 43 heavy (non-hydrogen) atoms. The van der Waals surface area contributed by atoms with Gasteiger partial charge in [0.15, 0.2) is 0 Å². The van der Waals surface area contributed by atoms with Gasteiger partial charge in [-0.3, -0.25) is 24.0 Å². The minimum absolute atomic E-state index is 0.0389. The van der Waals surface area contributed by atoms with Crippen molar-refractivity contribution >= 4 is 29.5 Å². The lowest BCUT2D eigenvalue weighted by Crippen LogP contribution is -2.54. The van der Waals surface area contributed by atoms with Gasteiger partial charge in [-0.2, -0.15) is 0 Å². The predicted molar refractivity (Wildman–Crippen MR) is 160 cm³/mol. The molecule has 11 nitrogen and oxygen atoms in total. The maximum absolute atomic E-state index is 13.5. The van der Waals surface area contributed by atoms with Crippen LogP contribution in [0.15, 0.2) is 54.6 Å². The van der Waals surface area contributed by atoms with Gasteiger partial charge >= 0.3 is 0 Å². The summed E-state index contributed by atoms with van der Waals surface area (Å²) in [7, 11) is 0. The first-order valence-electron chi connectivity index (χ1n) is 14.9. The minimum atomic E-state index is -1.22. The highest BCUT2D eigenvalue weighted by Gasteiger charge is 2.30. The number of hydrogen-bond acceptors (Lipinski definition) is 6. The van der Waals surface area contributed by atoms with Crippen molar-refractivity contribution in [3.63, 3.8) is 0 Å². The van der Waals surface area contributed by atoms with Gasteiger partial charge in [-0.15, -0.1) is 0 Å². The van der Waals surface area contributed by atoms with E-state index in [0.29, 0.717) is 38.1 Å². The Kier molecular flexibility index (Phi) is 11.1. The molecule has 5 amide bonds. The van der Waals surface area contributed by atoms with Crippen molar-refractivity contribution in [2.45, 2.75) is 64.1 Å². The van der Waals surface area contributed by atoms with Crippen LogP contribution in [0.3, 0.4) is 0 Å². The number of carbonyl (C=O) groups is 5. The molecule has 2 aliphatic heterocycles. The number of carbonyl (C=O) groups excluding carboxylic acids is 5. The zero-order chi connectivity index (χ0) is 30.8. The molecular formula is C32H41N5O6. The van der Waals surface area contributed by atoms with Gasteiger partial charge in [-0.25, -0.2) is 0 Å². The van der Waals surface area contributed by atoms with Crippen LogP contribution in [0, 0.1) is 5.92 Å². The van der Waals surface area contributed by atoms with E-state index >= 15 is 0 Å². The average Bonchev–Trinajstić information content (AvgIpc) is 3.39. The lowest BCUT2D eigenvalue weighted by atomic mass is 10.0. The molecule has 0 radical (unpaired) electrons. The van der Waals surface area contributed by atoms with Crippen LogP contribution in [0.1, 0.15) is 55.5 Å². The molecule has 4 rings (SSSR count). The van der Waals surface area contributed by atoms with Crippen LogP contribution >= 0.6 is 0 Å². The molecule has 4 N–H and O–H groups in total. The molecule has 0 bridgehead atoms. The van der Waals surface area contributed by atoms with E-state index in [0.717, 1.165) is 12.0 Å². The van der Waals surface area contributed by atoms with Crippen molar-refractivity contribution in [3.05, 3.63) is 65.7 Å². The van der Waals surface area contributed by atoms with Crippen LogP contribution in [-0.4, -0.2) is 78.8 Å². The van der Waals surface area contributed by atoms with Gasteiger partial charge in [0.25, 0.3) is 5.91 Å². The molecule has 0 unspecified atom stereocenters. The van der Waals surface area contributed by atoms with Crippen molar-refractivity contribution in [2.24, 2.45) is 5.92 Å². The molecule has 2 aliphatic rings. The van der Waals surface area contributed by atoms with E-state index in [1.165, 1.54) is 0 Å². The van der Waals surface area contributed by atoms with E-state index in [2.05, 4.69) is 21.3 Å². The monoisotopic (exact) mass is 591 g/mol. The first-order chi connectivity index (χ1) is 20.7. The van der Waals surface area contributed by atoms with Crippen molar-refractivity contribution in [1.82, 2.24) is 26.2 Å². The van der Waals surface area contributed by atoms with Crippen LogP contribution in [0.4, 0.5) is 0 Å². The second-order valence-corrected chi connectivity index (χ2v) is 11.5. The van der Waals surface area contributed by atoms with E-state index < -0.39 is 35.8 Å². The van der Waals surface area contributed by atoms with Crippen LogP contribution < -0.4 is 26.0 Å². The lowest BCUT2D eigenvalue weighted by molar-refractivity contribution is -0.132. The first-order valence-corrected chi connectivity index (χ1v) is 14.9. The molecule has 2 aromatic carbocycles. The second-order valence-electron chi connectivity index (χ2n) is 11.5. The summed E-state index contributed by atoms with van der Waals surface area (Å²) in [5.74, 6) is -1.60. The Bertz CT molecular complexity index is 1300. The highest BCUT2D eigenvalue weighted by molar-refractivity contribution is 6.01. The Hall–Kier alpha value is -4.41. The SMILES string of the molecule is CC(C)C[C@@H]1NC(=O)C[C@@H](C(=O)NCCN2CCCC2=O)NC(=O)c2ccccc2OC[C@@H](Cc2ccccc2)NC1=O. The van der Waals surface area contributed by atoms with Crippen molar-refractivity contribution in [1.29, 1.82) is 0 Å². The van der Waals surface area contributed by atoms with E-state index in [9.17, 15) is 24.0 Å². The number of fused-ring (bicyclic) bond motifs is 1. The summed E-state index contributed by atoms with van der Waals surface area (Å²) in [4.78, 5) is 67.0. The molecule has 11 heteroatoms. The van der Waals surface area contributed by atoms with E-state index in [-0.39, 0.29) is 42.9 Å². The fraction of sp³-hybridized carbons (Fsp3) is 0.469. The van der Waals surface area contributed by atoms with Crippen LogP contribution in [0.5, 0.6) is 5.75 Å². The number of nitrogens with one attached hydrogen (secondary N) is 4. The summed E-state index contributed by atoms with van der Waals surface area (Å²) in [5.41, 5.74) is 1.19. The van der Waals surface area contributed by atoms with Crippen LogP contribution in [0.2, 0.25) is 0 Å². The number of para-hydroxylation sites is 1. The van der Waals surface area contributed by atoms with Crippen molar-refractivity contribution in [3.8, 4) is 5.75 Å². The molecule has 0 aromatic heterocycles. The van der Waals surface area contributed by atoms with Gasteiger partial charge in [0, 0.05) is 26.1 Å². The number of nitrogens with zero attached hydrogens (tertiary/aromatic N) is 1. The van der Waals surface area contributed by atoms with Gasteiger partial charge in [0.1, 0.15) is 24.4 Å². The Labute approximate surface area is 252 Å². The maximum atomic E-state index is 13.5. The maximum Gasteiger partial charge on any atom is 0.255 e. The molecule has 2 aromatic rings. The highest BCUT2D eigenvalue weighted by Crippen LogP contribution is 2.20. The fourth-order valence-corrected chi connectivity index (χ4v) is 5.29. The number of hydrogen-bond donors (Lipinski definition) is 4. The summed E-state index contributed by atoms with van der Waals surface area (Å²) in [6, 6.07) is 13.8. The third-order valence-corrected chi connectivity index (χ3v) is 7.47. The number of likely N-dealkylation sites (tertiary alicyclic amines) is 1. The molecule has 0 saturated carbocycles. The Morgan fingerprint density at radius 3 is 2.47 bits per heavy atom. The summed E-state index contributed by atoms with van der Waals surface area (Å²) < 4.78 is 6.10. The second kappa shape index (κ2) is 15.2. The zero-order valence-electron chi connectivity index (χ0n) is 24.8. The summed E-state index contributed by atoms with van der Waals surface area (Å²) in [5, 5.41) is 11.3. The molecule has 0 spiro atoms. The molecule has 3 atom stereocenters. The number of amides is 5. The van der Waals surface area contributed by atoms with E-state index in [1.54, 1.807) is 29.2 Å². The smallest absolute Gasteiger partial charge is 0.255 e. The molecular weight excluding hydrogens is 550 g/mol. The minimum Gasteiger partial charge on any atom is -0.491 e. The van der Waals surface area contributed by atoms with Gasteiger partial charge in [-0.1, -0.05) is 56.3 Å². The lowest BCUT2D eigenvalue weighted by Gasteiger charge is -2.27. The fourth-order valence-electron chi connectivity index (χ4n) is 5.29. The summed E-state index contributed by atoms with van der Waals surface area (Å²) in [6.07, 6.45) is 1.76. The van der Waals surface area contributed by atoms with Crippen molar-refractivity contribution in [2.75, 3.05) is 26.2 Å². The summed E-state index contributed by atoms with van der Waals surface area (Å²) in [6.45, 7) is 5.14. The number of ether oxygens (including phenoxy) is 1. The van der Waals surface area contributed by atoms with Gasteiger partial charge < -0.3 is 30.9 Å². The van der Waals surface area contributed by atoms with E-state index in [4.69, 9.17) is 4.74 Å². The Balaban J connectivity index is 1.57. The molecule has 1 saturated heterocycles. The van der Waals surface area contributed by atoms with Gasteiger partial charge in [0.05, 0.1) is 18.0 Å². The molecule has 2 heterocycles.